The normalized spacial score (nSPS) is 14.9. The number of unbranched alkanes of at least 4 members (excludes halogenated alkanes) is 3. The van der Waals surface area contributed by atoms with E-state index in [0.717, 1.165) is 25.8 Å². The summed E-state index contributed by atoms with van der Waals surface area (Å²) in [4.78, 5) is 0. The summed E-state index contributed by atoms with van der Waals surface area (Å²) in [6, 6.07) is 0. The third-order valence-corrected chi connectivity index (χ3v) is 4.44. The predicted molar refractivity (Wildman–Crippen MR) is 87.4 cm³/mol. The van der Waals surface area contributed by atoms with Gasteiger partial charge in [0.1, 0.15) is 0 Å². The second kappa shape index (κ2) is 10.4. The Morgan fingerprint density at radius 3 is 2.35 bits per heavy atom. The van der Waals surface area contributed by atoms with Crippen molar-refractivity contribution in [1.29, 1.82) is 0 Å². The molecule has 0 amide bonds. The predicted octanol–water partition coefficient (Wildman–Crippen LogP) is 2.82. The summed E-state index contributed by atoms with van der Waals surface area (Å²) < 4.78 is 24.9. The SMILES string of the molecule is C=CCC(CC)(CCNS(C)(=O)=O)NCCCCCC. The van der Waals surface area contributed by atoms with Crippen LogP contribution in [0.2, 0.25) is 0 Å². The van der Waals surface area contributed by atoms with Crippen molar-refractivity contribution in [1.82, 2.24) is 10.0 Å². The number of nitrogens with one attached hydrogen (secondary N) is 2. The largest absolute Gasteiger partial charge is 0.311 e. The summed E-state index contributed by atoms with van der Waals surface area (Å²) in [5.74, 6) is 0. The van der Waals surface area contributed by atoms with E-state index < -0.39 is 10.0 Å². The molecule has 0 saturated carbocycles. The zero-order valence-corrected chi connectivity index (χ0v) is 14.2. The molecule has 0 radical (unpaired) electrons. The Bertz CT molecular complexity index is 355. The maximum absolute atomic E-state index is 11.1. The molecule has 0 heterocycles. The number of hydrogen-bond donors (Lipinski definition) is 2. The van der Waals surface area contributed by atoms with Crippen molar-refractivity contribution < 1.29 is 8.42 Å². The van der Waals surface area contributed by atoms with Crippen molar-refractivity contribution >= 4 is 10.0 Å². The van der Waals surface area contributed by atoms with Crippen LogP contribution in [0, 0.1) is 0 Å². The van der Waals surface area contributed by atoms with Crippen LogP contribution in [0.3, 0.4) is 0 Å². The first kappa shape index (κ1) is 19.6. The second-order valence-corrected chi connectivity index (χ2v) is 7.36. The fraction of sp³-hybridized carbons (Fsp3) is 0.867. The van der Waals surface area contributed by atoms with E-state index >= 15 is 0 Å². The Kier molecular flexibility index (Phi) is 10.2. The van der Waals surface area contributed by atoms with E-state index in [1.165, 1.54) is 31.9 Å². The molecule has 0 spiro atoms. The molecule has 1 unspecified atom stereocenters. The van der Waals surface area contributed by atoms with Gasteiger partial charge in [-0.2, -0.15) is 0 Å². The summed E-state index contributed by atoms with van der Waals surface area (Å²) in [6.45, 7) is 9.64. The summed E-state index contributed by atoms with van der Waals surface area (Å²) >= 11 is 0. The van der Waals surface area contributed by atoms with E-state index in [1.54, 1.807) is 0 Å². The van der Waals surface area contributed by atoms with Crippen molar-refractivity contribution in [3.8, 4) is 0 Å². The lowest BCUT2D eigenvalue weighted by atomic mass is 9.88. The van der Waals surface area contributed by atoms with Gasteiger partial charge in [0.15, 0.2) is 0 Å². The maximum Gasteiger partial charge on any atom is 0.208 e. The average molecular weight is 305 g/mol. The van der Waals surface area contributed by atoms with Gasteiger partial charge in [0.2, 0.25) is 10.0 Å². The molecule has 120 valence electrons. The van der Waals surface area contributed by atoms with Gasteiger partial charge in [0, 0.05) is 12.1 Å². The van der Waals surface area contributed by atoms with Crippen LogP contribution in [0.25, 0.3) is 0 Å². The van der Waals surface area contributed by atoms with E-state index in [1.807, 2.05) is 6.08 Å². The average Bonchev–Trinajstić information content (AvgIpc) is 2.37. The Labute approximate surface area is 125 Å². The summed E-state index contributed by atoms with van der Waals surface area (Å²) in [5.41, 5.74) is -0.0361. The topological polar surface area (TPSA) is 58.2 Å². The Morgan fingerprint density at radius 2 is 1.85 bits per heavy atom. The molecule has 0 saturated heterocycles. The standard InChI is InChI=1S/C15H32N2O2S/c1-5-8-9-10-13-16-15(7-3,11-6-2)12-14-17-20(4,18)19/h6,16-17H,2,5,7-14H2,1,3-4H3. The minimum absolute atomic E-state index is 0.0361. The molecule has 0 fully saturated rings. The van der Waals surface area contributed by atoms with Crippen LogP contribution in [0.5, 0.6) is 0 Å². The fourth-order valence-corrected chi connectivity index (χ4v) is 2.84. The fourth-order valence-electron chi connectivity index (χ4n) is 2.37. The van der Waals surface area contributed by atoms with Crippen molar-refractivity contribution in [3.05, 3.63) is 12.7 Å². The van der Waals surface area contributed by atoms with Crippen LogP contribution < -0.4 is 10.0 Å². The molecule has 4 nitrogen and oxygen atoms in total. The Morgan fingerprint density at radius 1 is 1.15 bits per heavy atom. The van der Waals surface area contributed by atoms with Gasteiger partial charge in [-0.3, -0.25) is 0 Å². The Hall–Kier alpha value is -0.390. The minimum Gasteiger partial charge on any atom is -0.311 e. The summed E-state index contributed by atoms with van der Waals surface area (Å²) in [6.07, 6.45) is 10.7. The lowest BCUT2D eigenvalue weighted by molar-refractivity contribution is 0.291. The van der Waals surface area contributed by atoms with Gasteiger partial charge in [-0.1, -0.05) is 39.2 Å². The van der Waals surface area contributed by atoms with E-state index in [2.05, 4.69) is 30.5 Å². The highest BCUT2D eigenvalue weighted by Crippen LogP contribution is 2.20. The third kappa shape index (κ3) is 9.50. The molecule has 20 heavy (non-hydrogen) atoms. The van der Waals surface area contributed by atoms with Gasteiger partial charge in [-0.05, 0) is 32.2 Å². The van der Waals surface area contributed by atoms with Gasteiger partial charge in [-0.15, -0.1) is 6.58 Å². The second-order valence-electron chi connectivity index (χ2n) is 5.53. The first-order valence-corrected chi connectivity index (χ1v) is 9.59. The minimum atomic E-state index is -3.11. The molecule has 0 aliphatic carbocycles. The zero-order valence-electron chi connectivity index (χ0n) is 13.4. The molecule has 0 aromatic heterocycles. The van der Waals surface area contributed by atoms with Gasteiger partial charge >= 0.3 is 0 Å². The molecule has 1 atom stereocenters. The highest BCUT2D eigenvalue weighted by molar-refractivity contribution is 7.88. The van der Waals surface area contributed by atoms with Crippen molar-refractivity contribution in [3.63, 3.8) is 0 Å². The summed E-state index contributed by atoms with van der Waals surface area (Å²) in [7, 11) is -3.11. The van der Waals surface area contributed by atoms with Gasteiger partial charge in [0.05, 0.1) is 6.26 Å². The molecular formula is C15H32N2O2S. The smallest absolute Gasteiger partial charge is 0.208 e. The molecule has 0 bridgehead atoms. The Balaban J connectivity index is 4.30. The molecular weight excluding hydrogens is 272 g/mol. The maximum atomic E-state index is 11.1. The molecule has 0 aromatic carbocycles. The van der Waals surface area contributed by atoms with Crippen molar-refractivity contribution in [2.75, 3.05) is 19.3 Å². The molecule has 2 N–H and O–H groups in total. The first-order valence-electron chi connectivity index (χ1n) is 7.69. The van der Waals surface area contributed by atoms with Crippen LogP contribution >= 0.6 is 0 Å². The highest BCUT2D eigenvalue weighted by atomic mass is 32.2. The highest BCUT2D eigenvalue weighted by Gasteiger charge is 2.25. The molecule has 5 heteroatoms. The van der Waals surface area contributed by atoms with Crippen LogP contribution in [-0.2, 0) is 10.0 Å². The van der Waals surface area contributed by atoms with Crippen LogP contribution in [-0.4, -0.2) is 33.3 Å². The third-order valence-electron chi connectivity index (χ3n) is 3.71. The number of sulfonamides is 1. The quantitative estimate of drug-likeness (QED) is 0.406. The van der Waals surface area contributed by atoms with Crippen LogP contribution in [0.1, 0.15) is 58.8 Å². The molecule has 0 rings (SSSR count). The van der Waals surface area contributed by atoms with E-state index in [9.17, 15) is 8.42 Å². The van der Waals surface area contributed by atoms with Crippen molar-refractivity contribution in [2.45, 2.75) is 64.3 Å². The molecule has 0 aromatic rings. The van der Waals surface area contributed by atoms with E-state index in [-0.39, 0.29) is 5.54 Å². The zero-order chi connectivity index (χ0) is 15.5. The molecule has 0 aliphatic rings. The van der Waals surface area contributed by atoms with Gasteiger partial charge in [0.25, 0.3) is 0 Å². The molecule has 0 aliphatic heterocycles. The van der Waals surface area contributed by atoms with Crippen LogP contribution in [0.4, 0.5) is 0 Å². The number of hydrogen-bond acceptors (Lipinski definition) is 3. The van der Waals surface area contributed by atoms with Gasteiger partial charge < -0.3 is 5.32 Å². The van der Waals surface area contributed by atoms with Gasteiger partial charge in [-0.25, -0.2) is 13.1 Å². The number of rotatable bonds is 13. The van der Waals surface area contributed by atoms with Crippen molar-refractivity contribution in [2.24, 2.45) is 0 Å². The van der Waals surface area contributed by atoms with E-state index in [4.69, 9.17) is 0 Å². The van der Waals surface area contributed by atoms with Crippen LogP contribution in [0.15, 0.2) is 12.7 Å². The first-order chi connectivity index (χ1) is 9.39. The lowest BCUT2D eigenvalue weighted by Gasteiger charge is -2.33. The lowest BCUT2D eigenvalue weighted by Crippen LogP contribution is -2.47. The summed E-state index contributed by atoms with van der Waals surface area (Å²) in [5, 5.41) is 3.62. The van der Waals surface area contributed by atoms with E-state index in [0.29, 0.717) is 6.54 Å². The monoisotopic (exact) mass is 304 g/mol.